The molecule has 114 valence electrons. The number of carbonyl (C=O) groups is 1. The summed E-state index contributed by atoms with van der Waals surface area (Å²) in [4.78, 5) is 14.9. The van der Waals surface area contributed by atoms with Crippen molar-refractivity contribution in [2.45, 2.75) is 36.2 Å². The van der Waals surface area contributed by atoms with Crippen LogP contribution in [0, 0.1) is 5.92 Å². The van der Waals surface area contributed by atoms with Gasteiger partial charge in [0, 0.05) is 18.3 Å². The Kier molecular flexibility index (Phi) is 3.34. The molecule has 0 unspecified atom stereocenters. The third-order valence-corrected chi connectivity index (χ3v) is 6.41. The normalized spacial score (nSPS) is 28.9. The highest BCUT2D eigenvalue weighted by atomic mass is 35.5. The van der Waals surface area contributed by atoms with Gasteiger partial charge in [-0.2, -0.15) is 4.31 Å². The van der Waals surface area contributed by atoms with Crippen LogP contribution in [0.3, 0.4) is 0 Å². The summed E-state index contributed by atoms with van der Waals surface area (Å²) < 4.78 is 26.9. The molecular formula is C12H14ClN3O4S. The molecule has 21 heavy (non-hydrogen) atoms. The number of halogens is 1. The molecule has 0 aromatic carbocycles. The van der Waals surface area contributed by atoms with Crippen LogP contribution in [0.1, 0.15) is 19.3 Å². The molecule has 2 saturated heterocycles. The summed E-state index contributed by atoms with van der Waals surface area (Å²) in [6, 6.07) is 0.447. The van der Waals surface area contributed by atoms with Crippen LogP contribution in [0.5, 0.6) is 0 Å². The van der Waals surface area contributed by atoms with Crippen LogP contribution >= 0.6 is 11.6 Å². The summed E-state index contributed by atoms with van der Waals surface area (Å²) in [5.74, 6) is -1.75. The smallest absolute Gasteiger partial charge is 0.308 e. The van der Waals surface area contributed by atoms with Crippen molar-refractivity contribution in [1.29, 1.82) is 0 Å². The Hall–Kier alpha value is -1.38. The Morgan fingerprint density at radius 1 is 1.48 bits per heavy atom. The van der Waals surface area contributed by atoms with Gasteiger partial charge in [-0.3, -0.25) is 4.79 Å². The minimum Gasteiger partial charge on any atom is -0.481 e. The van der Waals surface area contributed by atoms with Gasteiger partial charge in [0.1, 0.15) is 10.7 Å². The molecule has 1 aromatic heterocycles. The van der Waals surface area contributed by atoms with E-state index < -0.39 is 28.0 Å². The Morgan fingerprint density at radius 3 is 2.81 bits per heavy atom. The standard InChI is InChI=1S/C12H14ClN3O4S/c13-6-3-10(11(14)15-5-6)21(19,20)16-7-1-2-9(16)8(4-7)12(17)18/h3,5,7-9H,1-2,4H2,(H2,14,15)(H,17,18)/t7-,8-,9-/m0/s1. The Morgan fingerprint density at radius 2 is 2.19 bits per heavy atom. The molecule has 0 aliphatic carbocycles. The van der Waals surface area contributed by atoms with Crippen molar-refractivity contribution in [3.63, 3.8) is 0 Å². The number of nitrogens with two attached hydrogens (primary N) is 1. The van der Waals surface area contributed by atoms with Gasteiger partial charge in [-0.25, -0.2) is 13.4 Å². The number of hydrogen-bond acceptors (Lipinski definition) is 5. The lowest BCUT2D eigenvalue weighted by Crippen LogP contribution is -2.38. The van der Waals surface area contributed by atoms with Crippen LogP contribution in [0.15, 0.2) is 17.2 Å². The number of anilines is 1. The zero-order valence-electron chi connectivity index (χ0n) is 10.9. The molecule has 3 atom stereocenters. The predicted octanol–water partition coefficient (Wildman–Crippen LogP) is 0.943. The third-order valence-electron chi connectivity index (χ3n) is 4.19. The number of aromatic nitrogens is 1. The van der Waals surface area contributed by atoms with E-state index in [1.54, 1.807) is 0 Å². The van der Waals surface area contributed by atoms with E-state index in [1.165, 1.54) is 16.6 Å². The first-order chi connectivity index (χ1) is 9.82. The van der Waals surface area contributed by atoms with Gasteiger partial charge < -0.3 is 10.8 Å². The van der Waals surface area contributed by atoms with E-state index in [-0.39, 0.29) is 21.8 Å². The maximum Gasteiger partial charge on any atom is 0.308 e. The number of nitrogens with zero attached hydrogens (tertiary/aromatic N) is 2. The lowest BCUT2D eigenvalue weighted by atomic mass is 9.89. The number of sulfonamides is 1. The fourth-order valence-electron chi connectivity index (χ4n) is 3.33. The van der Waals surface area contributed by atoms with Crippen molar-refractivity contribution in [3.05, 3.63) is 17.3 Å². The fourth-order valence-corrected chi connectivity index (χ4v) is 5.57. The zero-order valence-corrected chi connectivity index (χ0v) is 12.5. The average Bonchev–Trinajstić information content (AvgIpc) is 2.99. The quantitative estimate of drug-likeness (QED) is 0.852. The molecule has 1 aromatic rings. The number of pyridine rings is 1. The molecular weight excluding hydrogens is 318 g/mol. The van der Waals surface area contributed by atoms with Gasteiger partial charge >= 0.3 is 5.97 Å². The molecule has 3 N–H and O–H groups in total. The third kappa shape index (κ3) is 2.18. The fraction of sp³-hybridized carbons (Fsp3) is 0.500. The summed E-state index contributed by atoms with van der Waals surface area (Å²) in [7, 11) is -3.90. The van der Waals surface area contributed by atoms with Crippen LogP contribution in [-0.2, 0) is 14.8 Å². The van der Waals surface area contributed by atoms with Crippen molar-refractivity contribution < 1.29 is 18.3 Å². The van der Waals surface area contributed by atoms with Crippen molar-refractivity contribution in [1.82, 2.24) is 9.29 Å². The second-order valence-corrected chi connectivity index (χ2v) is 7.60. The number of fused-ring (bicyclic) bond motifs is 2. The number of carboxylic acid groups (broad SMARTS) is 1. The highest BCUT2D eigenvalue weighted by Crippen LogP contribution is 2.45. The van der Waals surface area contributed by atoms with Crippen LogP contribution in [-0.4, -0.2) is 40.9 Å². The molecule has 3 heterocycles. The zero-order chi connectivity index (χ0) is 15.4. The second kappa shape index (κ2) is 4.82. The summed E-state index contributed by atoms with van der Waals surface area (Å²) in [6.07, 6.45) is 2.83. The van der Waals surface area contributed by atoms with Crippen LogP contribution in [0.25, 0.3) is 0 Å². The molecule has 3 rings (SSSR count). The average molecular weight is 332 g/mol. The largest absolute Gasteiger partial charge is 0.481 e. The first-order valence-corrected chi connectivity index (χ1v) is 8.31. The minimum absolute atomic E-state index is 0.127. The van der Waals surface area contributed by atoms with E-state index in [0.717, 1.165) is 0 Å². The highest BCUT2D eigenvalue weighted by Gasteiger charge is 2.54. The number of nitrogen functional groups attached to an aromatic ring is 1. The highest BCUT2D eigenvalue weighted by molar-refractivity contribution is 7.89. The first-order valence-electron chi connectivity index (χ1n) is 6.49. The summed E-state index contributed by atoms with van der Waals surface area (Å²) in [5.41, 5.74) is 5.66. The van der Waals surface area contributed by atoms with Crippen LogP contribution in [0.4, 0.5) is 5.82 Å². The lowest BCUT2D eigenvalue weighted by molar-refractivity contribution is -0.142. The van der Waals surface area contributed by atoms with E-state index in [1.807, 2.05) is 0 Å². The number of rotatable bonds is 3. The molecule has 0 radical (unpaired) electrons. The SMILES string of the molecule is Nc1ncc(Cl)cc1S(=O)(=O)N1[C@H]2CC[C@H]1[C@@H](C(=O)O)C2. The molecule has 2 aliphatic rings. The van der Waals surface area contributed by atoms with E-state index >= 15 is 0 Å². The summed E-state index contributed by atoms with van der Waals surface area (Å²) in [6.45, 7) is 0. The van der Waals surface area contributed by atoms with E-state index in [9.17, 15) is 18.3 Å². The number of carboxylic acids is 1. The molecule has 2 bridgehead atoms. The Bertz CT molecular complexity index is 708. The van der Waals surface area contributed by atoms with Gasteiger partial charge in [0.25, 0.3) is 0 Å². The van der Waals surface area contributed by atoms with E-state index in [0.29, 0.717) is 19.3 Å². The Balaban J connectivity index is 2.04. The van der Waals surface area contributed by atoms with Gasteiger partial charge in [0.05, 0.1) is 10.9 Å². The molecule has 0 amide bonds. The summed E-state index contributed by atoms with van der Waals surface area (Å²) >= 11 is 5.80. The topological polar surface area (TPSA) is 114 Å². The van der Waals surface area contributed by atoms with Gasteiger partial charge in [-0.05, 0) is 25.3 Å². The van der Waals surface area contributed by atoms with Crippen LogP contribution < -0.4 is 5.73 Å². The summed E-state index contributed by atoms with van der Waals surface area (Å²) in [5, 5.41) is 9.38. The number of aliphatic carboxylic acids is 1. The van der Waals surface area contributed by atoms with E-state index in [4.69, 9.17) is 17.3 Å². The van der Waals surface area contributed by atoms with Crippen LogP contribution in [0.2, 0.25) is 5.02 Å². The molecule has 2 aliphatic heterocycles. The maximum atomic E-state index is 12.8. The molecule has 0 saturated carbocycles. The van der Waals surface area contributed by atoms with Crippen molar-refractivity contribution in [3.8, 4) is 0 Å². The lowest BCUT2D eigenvalue weighted by Gasteiger charge is -2.23. The Labute approximate surface area is 126 Å². The second-order valence-electron chi connectivity index (χ2n) is 5.35. The molecule has 2 fully saturated rings. The monoisotopic (exact) mass is 331 g/mol. The first kappa shape index (κ1) is 14.6. The van der Waals surface area contributed by atoms with Gasteiger partial charge in [0.15, 0.2) is 0 Å². The maximum absolute atomic E-state index is 12.8. The molecule has 9 heteroatoms. The van der Waals surface area contributed by atoms with Gasteiger partial charge in [0.2, 0.25) is 10.0 Å². The molecule has 0 spiro atoms. The van der Waals surface area contributed by atoms with Gasteiger partial charge in [-0.15, -0.1) is 0 Å². The molecule has 7 nitrogen and oxygen atoms in total. The minimum atomic E-state index is -3.90. The van der Waals surface area contributed by atoms with E-state index in [2.05, 4.69) is 4.98 Å². The predicted molar refractivity (Wildman–Crippen MR) is 75.2 cm³/mol. The van der Waals surface area contributed by atoms with Crippen molar-refractivity contribution in [2.24, 2.45) is 5.92 Å². The number of hydrogen-bond donors (Lipinski definition) is 2. The van der Waals surface area contributed by atoms with Crippen molar-refractivity contribution in [2.75, 3.05) is 5.73 Å². The van der Waals surface area contributed by atoms with Crippen molar-refractivity contribution >= 4 is 33.4 Å². The van der Waals surface area contributed by atoms with Gasteiger partial charge in [-0.1, -0.05) is 11.6 Å².